The van der Waals surface area contributed by atoms with Gasteiger partial charge >= 0.3 is 6.18 Å². The van der Waals surface area contributed by atoms with Crippen molar-refractivity contribution in [2.45, 2.75) is 19.5 Å². The Balaban J connectivity index is 4.47. The third kappa shape index (κ3) is 4.23. The van der Waals surface area contributed by atoms with Crippen molar-refractivity contribution in [1.82, 2.24) is 0 Å². The number of halogens is 4. The molecule has 2 N–H and O–H groups in total. The van der Waals surface area contributed by atoms with Crippen molar-refractivity contribution >= 4 is 17.4 Å². The Morgan fingerprint density at radius 3 is 2.42 bits per heavy atom. The van der Waals surface area contributed by atoms with Crippen LogP contribution in [-0.2, 0) is 0 Å². The molecule has 0 aliphatic heterocycles. The molecule has 0 radical (unpaired) electrons. The lowest BCUT2D eigenvalue weighted by Gasteiger charge is -2.03. The van der Waals surface area contributed by atoms with E-state index < -0.39 is 12.0 Å². The van der Waals surface area contributed by atoms with E-state index in [9.17, 15) is 13.2 Å². The van der Waals surface area contributed by atoms with E-state index in [1.807, 2.05) is 0 Å². The van der Waals surface area contributed by atoms with Crippen molar-refractivity contribution in [3.05, 3.63) is 11.2 Å². The molecule has 0 aromatic carbocycles. The number of rotatable bonds is 2. The molecule has 2 nitrogen and oxygen atoms in total. The van der Waals surface area contributed by atoms with Crippen molar-refractivity contribution in [2.24, 2.45) is 10.7 Å². The van der Waals surface area contributed by atoms with E-state index in [-0.39, 0.29) is 5.16 Å². The zero-order valence-corrected chi connectivity index (χ0v) is 7.08. The maximum absolute atomic E-state index is 11.7. The first-order valence-corrected chi connectivity index (χ1v) is 3.52. The molecule has 0 spiro atoms. The van der Waals surface area contributed by atoms with E-state index >= 15 is 0 Å². The normalized spacial score (nSPS) is 15.1. The Hall–Kier alpha value is -0.710. The molecule has 0 amide bonds. The van der Waals surface area contributed by atoms with Crippen LogP contribution in [0.5, 0.6) is 0 Å². The molecule has 6 heteroatoms. The first-order valence-electron chi connectivity index (χ1n) is 3.15. The molecule has 0 aliphatic carbocycles. The molecular formula is C6H8ClF3N2. The number of hydrogen-bond acceptors (Lipinski definition) is 1. The lowest BCUT2D eigenvalue weighted by atomic mass is 10.5. The minimum absolute atomic E-state index is 0.243. The average Bonchev–Trinajstić information content (AvgIpc) is 1.85. The molecule has 0 aromatic rings. The fourth-order valence-corrected chi connectivity index (χ4v) is 0.638. The molecule has 0 saturated heterocycles. The van der Waals surface area contributed by atoms with E-state index in [4.69, 9.17) is 11.6 Å². The number of nitrogens with zero attached hydrogens (tertiary/aromatic N) is 1. The van der Waals surface area contributed by atoms with Gasteiger partial charge in [0.15, 0.2) is 0 Å². The van der Waals surface area contributed by atoms with Crippen molar-refractivity contribution in [2.75, 3.05) is 0 Å². The van der Waals surface area contributed by atoms with Crippen LogP contribution in [-0.4, -0.2) is 12.0 Å². The fourth-order valence-electron chi connectivity index (χ4n) is 0.393. The van der Waals surface area contributed by atoms with Gasteiger partial charge < -0.3 is 5.73 Å². The van der Waals surface area contributed by atoms with Gasteiger partial charge in [0.05, 0.1) is 0 Å². The summed E-state index contributed by atoms with van der Waals surface area (Å²) in [4.78, 5) is 2.93. The van der Waals surface area contributed by atoms with E-state index in [0.29, 0.717) is 6.42 Å². The molecule has 0 fully saturated rings. The molecule has 0 unspecified atom stereocenters. The van der Waals surface area contributed by atoms with Gasteiger partial charge in [0, 0.05) is 0 Å². The minimum atomic E-state index is -4.61. The maximum Gasteiger partial charge on any atom is 0.449 e. The molecule has 0 rings (SSSR count). The first kappa shape index (κ1) is 11.3. The van der Waals surface area contributed by atoms with Gasteiger partial charge in [-0.25, -0.2) is 4.99 Å². The number of hydrogen-bond donors (Lipinski definition) is 1. The highest BCUT2D eigenvalue weighted by Gasteiger charge is 2.33. The van der Waals surface area contributed by atoms with Crippen LogP contribution in [0, 0.1) is 0 Å². The monoisotopic (exact) mass is 200 g/mol. The van der Waals surface area contributed by atoms with E-state index in [2.05, 4.69) is 10.7 Å². The SMILES string of the molecule is CC/C=C(Cl)/N=C(/N)C(F)(F)F. The van der Waals surface area contributed by atoms with Crippen molar-refractivity contribution in [3.63, 3.8) is 0 Å². The van der Waals surface area contributed by atoms with E-state index in [0.717, 1.165) is 0 Å². The van der Waals surface area contributed by atoms with Crippen LogP contribution in [0.25, 0.3) is 0 Å². The maximum atomic E-state index is 11.7. The third-order valence-electron chi connectivity index (χ3n) is 0.890. The molecule has 0 saturated carbocycles. The largest absolute Gasteiger partial charge is 0.449 e. The summed E-state index contributed by atoms with van der Waals surface area (Å²) >= 11 is 5.28. The van der Waals surface area contributed by atoms with Crippen molar-refractivity contribution in [3.8, 4) is 0 Å². The quantitative estimate of drug-likeness (QED) is 0.415. The van der Waals surface area contributed by atoms with Gasteiger partial charge in [-0.05, 0) is 12.5 Å². The lowest BCUT2D eigenvalue weighted by molar-refractivity contribution is -0.0598. The number of nitrogens with two attached hydrogens (primary N) is 1. The highest BCUT2D eigenvalue weighted by molar-refractivity contribution is 6.30. The third-order valence-corrected chi connectivity index (χ3v) is 1.13. The summed E-state index contributed by atoms with van der Waals surface area (Å²) in [5.74, 6) is -1.43. The van der Waals surface area contributed by atoms with Gasteiger partial charge in [0.2, 0.25) is 5.84 Å². The number of alkyl halides is 3. The summed E-state index contributed by atoms with van der Waals surface area (Å²) in [7, 11) is 0. The zero-order chi connectivity index (χ0) is 9.78. The number of amidine groups is 1. The van der Waals surface area contributed by atoms with Gasteiger partial charge in [-0.3, -0.25) is 0 Å². The van der Waals surface area contributed by atoms with Gasteiger partial charge in [0.1, 0.15) is 5.16 Å². The summed E-state index contributed by atoms with van der Waals surface area (Å²) in [6, 6.07) is 0. The van der Waals surface area contributed by atoms with Crippen LogP contribution in [0.4, 0.5) is 13.2 Å². The average molecular weight is 201 g/mol. The van der Waals surface area contributed by atoms with Crippen LogP contribution in [0.1, 0.15) is 13.3 Å². The molecule has 0 bridgehead atoms. The lowest BCUT2D eigenvalue weighted by Crippen LogP contribution is -2.31. The van der Waals surface area contributed by atoms with Crippen LogP contribution in [0.3, 0.4) is 0 Å². The second kappa shape index (κ2) is 4.35. The van der Waals surface area contributed by atoms with E-state index in [1.165, 1.54) is 6.08 Å². The Morgan fingerprint density at radius 1 is 1.58 bits per heavy atom. The number of aliphatic imine (C=N–C) groups is 1. The van der Waals surface area contributed by atoms with E-state index in [1.54, 1.807) is 6.92 Å². The van der Waals surface area contributed by atoms with Crippen molar-refractivity contribution < 1.29 is 13.2 Å². The van der Waals surface area contributed by atoms with Crippen LogP contribution < -0.4 is 5.73 Å². The zero-order valence-electron chi connectivity index (χ0n) is 6.32. The molecule has 0 heterocycles. The predicted octanol–water partition coefficient (Wildman–Crippen LogP) is 2.40. The fraction of sp³-hybridized carbons (Fsp3) is 0.500. The highest BCUT2D eigenvalue weighted by atomic mass is 35.5. The Morgan fingerprint density at radius 2 is 2.08 bits per heavy atom. The van der Waals surface area contributed by atoms with Gasteiger partial charge in [-0.2, -0.15) is 13.2 Å². The van der Waals surface area contributed by atoms with Gasteiger partial charge in [-0.15, -0.1) is 0 Å². The molecule has 0 aromatic heterocycles. The molecule has 0 aliphatic rings. The molecule has 0 atom stereocenters. The Bertz CT molecular complexity index is 207. The molecule has 70 valence electrons. The van der Waals surface area contributed by atoms with Crippen molar-refractivity contribution in [1.29, 1.82) is 0 Å². The minimum Gasteiger partial charge on any atom is -0.380 e. The standard InChI is InChI=1S/C6H8ClF3N2/c1-2-3-4(7)12-5(11)6(8,9)10/h3H,2H2,1H3,(H2,11,12)/b4-3+. The van der Waals surface area contributed by atoms with Crippen LogP contribution >= 0.6 is 11.6 Å². The Kier molecular flexibility index (Phi) is 4.09. The summed E-state index contributed by atoms with van der Waals surface area (Å²) in [6.45, 7) is 1.72. The van der Waals surface area contributed by atoms with Crippen LogP contribution in [0.2, 0.25) is 0 Å². The molecular weight excluding hydrogens is 193 g/mol. The number of allylic oxidation sites excluding steroid dienone is 1. The first-order chi connectivity index (χ1) is 5.38. The summed E-state index contributed by atoms with van der Waals surface area (Å²) in [5, 5.41) is -0.243. The summed E-state index contributed by atoms with van der Waals surface area (Å²) < 4.78 is 35.1. The topological polar surface area (TPSA) is 38.4 Å². The predicted molar refractivity (Wildman–Crippen MR) is 41.9 cm³/mol. The van der Waals surface area contributed by atoms with Gasteiger partial charge in [-0.1, -0.05) is 18.5 Å². The van der Waals surface area contributed by atoms with Gasteiger partial charge in [0.25, 0.3) is 0 Å². The second-order valence-corrected chi connectivity index (χ2v) is 2.32. The molecule has 12 heavy (non-hydrogen) atoms. The summed E-state index contributed by atoms with van der Waals surface area (Å²) in [5.41, 5.74) is 4.58. The highest BCUT2D eigenvalue weighted by Crippen LogP contribution is 2.16. The smallest absolute Gasteiger partial charge is 0.380 e. The summed E-state index contributed by atoms with van der Waals surface area (Å²) in [6.07, 6.45) is -2.77. The Labute approximate surface area is 72.9 Å². The second-order valence-electron chi connectivity index (χ2n) is 1.93. The van der Waals surface area contributed by atoms with Crippen LogP contribution in [0.15, 0.2) is 16.2 Å².